The van der Waals surface area contributed by atoms with Crippen molar-refractivity contribution >= 4 is 5.91 Å². The molecule has 3 aliphatic rings. The van der Waals surface area contributed by atoms with Gasteiger partial charge in [-0.1, -0.05) is 5.16 Å². The summed E-state index contributed by atoms with van der Waals surface area (Å²) in [6.45, 7) is 9.83. The molecule has 0 spiro atoms. The number of hydrogen-bond donors (Lipinski definition) is 1. The number of carbonyl (C=O) groups excluding carboxylic acids is 1. The molecule has 2 heterocycles. The zero-order chi connectivity index (χ0) is 19.0. The van der Waals surface area contributed by atoms with Crippen LogP contribution in [0.5, 0.6) is 0 Å². The Morgan fingerprint density at radius 3 is 2.63 bits per heavy atom. The molecule has 3 fully saturated rings. The molecule has 0 aromatic carbocycles. The Morgan fingerprint density at radius 2 is 2.00 bits per heavy atom. The third-order valence-electron chi connectivity index (χ3n) is 6.68. The molecule has 0 bridgehead atoms. The van der Waals surface area contributed by atoms with Gasteiger partial charge in [0.15, 0.2) is 0 Å². The third-order valence-corrected chi connectivity index (χ3v) is 6.68. The number of aromatic nitrogens is 1. The quantitative estimate of drug-likeness (QED) is 0.793. The van der Waals surface area contributed by atoms with E-state index >= 15 is 0 Å². The Morgan fingerprint density at radius 1 is 1.26 bits per heavy atom. The summed E-state index contributed by atoms with van der Waals surface area (Å²) in [7, 11) is 0. The van der Waals surface area contributed by atoms with Crippen LogP contribution in [0.15, 0.2) is 4.52 Å². The minimum absolute atomic E-state index is 0.0618. The molecule has 27 heavy (non-hydrogen) atoms. The number of hydrogen-bond acceptors (Lipinski definition) is 5. The van der Waals surface area contributed by atoms with E-state index < -0.39 is 0 Å². The fourth-order valence-corrected chi connectivity index (χ4v) is 4.96. The largest absolute Gasteiger partial charge is 0.376 e. The van der Waals surface area contributed by atoms with Crippen LogP contribution in [0.25, 0.3) is 0 Å². The van der Waals surface area contributed by atoms with Crippen LogP contribution in [-0.4, -0.2) is 54.4 Å². The molecule has 4 atom stereocenters. The standard InChI is InChI=1S/C21H33N3O3/c1-13-19(14(2)27-23-13)6-7-24-10-17-8-20(22-15(3)25)21(9-18(17)11-24)26-12-16-4-5-16/h16-18,20-21H,4-12H2,1-3H3,(H,22,25)/t17-,18+,20-,21-/m1/s1. The second-order valence-corrected chi connectivity index (χ2v) is 8.93. The van der Waals surface area contributed by atoms with Crippen LogP contribution in [-0.2, 0) is 16.0 Å². The van der Waals surface area contributed by atoms with Crippen molar-refractivity contribution in [2.45, 2.75) is 65.0 Å². The van der Waals surface area contributed by atoms with Gasteiger partial charge in [-0.25, -0.2) is 0 Å². The molecular weight excluding hydrogens is 342 g/mol. The number of aryl methyl sites for hydroxylation is 2. The first-order chi connectivity index (χ1) is 13.0. The van der Waals surface area contributed by atoms with Crippen LogP contribution in [0.4, 0.5) is 0 Å². The maximum absolute atomic E-state index is 11.7. The van der Waals surface area contributed by atoms with E-state index in [1.54, 1.807) is 6.92 Å². The SMILES string of the molecule is CC(=O)N[C@@H]1C[C@@H]2CN(CCc3c(C)noc3C)C[C@@H]2C[C@H]1OCC1CC1. The van der Waals surface area contributed by atoms with Gasteiger partial charge in [0.05, 0.1) is 17.8 Å². The lowest BCUT2D eigenvalue weighted by molar-refractivity contribution is -0.122. The normalized spacial score (nSPS) is 31.1. The molecule has 4 rings (SSSR count). The zero-order valence-corrected chi connectivity index (χ0v) is 16.9. The van der Waals surface area contributed by atoms with E-state index in [9.17, 15) is 4.79 Å². The molecule has 2 aliphatic carbocycles. The maximum Gasteiger partial charge on any atom is 0.217 e. The molecule has 6 heteroatoms. The predicted molar refractivity (Wildman–Crippen MR) is 102 cm³/mol. The number of nitrogens with zero attached hydrogens (tertiary/aromatic N) is 2. The molecule has 6 nitrogen and oxygen atoms in total. The summed E-state index contributed by atoms with van der Waals surface area (Å²) in [6, 6.07) is 0.171. The fraction of sp³-hybridized carbons (Fsp3) is 0.810. The highest BCUT2D eigenvalue weighted by atomic mass is 16.5. The van der Waals surface area contributed by atoms with Crippen molar-refractivity contribution in [2.24, 2.45) is 17.8 Å². The van der Waals surface area contributed by atoms with E-state index in [1.807, 2.05) is 13.8 Å². The average molecular weight is 376 g/mol. The van der Waals surface area contributed by atoms with E-state index in [1.165, 1.54) is 18.4 Å². The average Bonchev–Trinajstić information content (AvgIpc) is 3.28. The van der Waals surface area contributed by atoms with Crippen molar-refractivity contribution in [2.75, 3.05) is 26.2 Å². The fourth-order valence-electron chi connectivity index (χ4n) is 4.96. The number of fused-ring (bicyclic) bond motifs is 1. The summed E-state index contributed by atoms with van der Waals surface area (Å²) in [5.74, 6) is 3.11. The molecule has 0 unspecified atom stereocenters. The Bertz CT molecular complexity index is 650. The van der Waals surface area contributed by atoms with Gasteiger partial charge in [-0.3, -0.25) is 4.79 Å². The predicted octanol–water partition coefficient (Wildman–Crippen LogP) is 2.48. The van der Waals surface area contributed by atoms with E-state index in [-0.39, 0.29) is 18.1 Å². The first-order valence-electron chi connectivity index (χ1n) is 10.5. The first-order valence-corrected chi connectivity index (χ1v) is 10.5. The Labute approximate surface area is 162 Å². The molecular formula is C21H33N3O3. The third kappa shape index (κ3) is 4.54. The number of nitrogens with one attached hydrogen (secondary N) is 1. The van der Waals surface area contributed by atoms with Crippen molar-refractivity contribution in [1.82, 2.24) is 15.4 Å². The number of carbonyl (C=O) groups is 1. The zero-order valence-electron chi connectivity index (χ0n) is 16.9. The Kier molecular flexibility index (Phi) is 5.55. The summed E-state index contributed by atoms with van der Waals surface area (Å²) < 4.78 is 11.6. The van der Waals surface area contributed by atoms with Crippen LogP contribution in [0.2, 0.25) is 0 Å². The second kappa shape index (κ2) is 7.92. The summed E-state index contributed by atoms with van der Waals surface area (Å²) in [5, 5.41) is 7.24. The van der Waals surface area contributed by atoms with Gasteiger partial charge in [-0.05, 0) is 63.7 Å². The Balaban J connectivity index is 1.34. The molecule has 1 amide bonds. The summed E-state index contributed by atoms with van der Waals surface area (Å²) in [4.78, 5) is 14.2. The highest BCUT2D eigenvalue weighted by Gasteiger charge is 2.43. The maximum atomic E-state index is 11.7. The highest BCUT2D eigenvalue weighted by molar-refractivity contribution is 5.73. The van der Waals surface area contributed by atoms with Gasteiger partial charge in [0.25, 0.3) is 0 Å². The molecule has 1 aromatic heterocycles. The van der Waals surface area contributed by atoms with E-state index in [0.717, 1.165) is 62.9 Å². The van der Waals surface area contributed by atoms with Gasteiger partial charge in [0.1, 0.15) is 5.76 Å². The number of ether oxygens (including phenoxy) is 1. The molecule has 2 saturated carbocycles. The lowest BCUT2D eigenvalue weighted by atomic mass is 9.77. The molecule has 0 radical (unpaired) electrons. The van der Waals surface area contributed by atoms with Crippen molar-refractivity contribution < 1.29 is 14.1 Å². The van der Waals surface area contributed by atoms with Gasteiger partial charge in [0.2, 0.25) is 5.91 Å². The minimum Gasteiger partial charge on any atom is -0.376 e. The smallest absolute Gasteiger partial charge is 0.217 e. The second-order valence-electron chi connectivity index (χ2n) is 8.93. The van der Waals surface area contributed by atoms with Crippen molar-refractivity contribution in [3.63, 3.8) is 0 Å². The van der Waals surface area contributed by atoms with Gasteiger partial charge < -0.3 is 19.5 Å². The van der Waals surface area contributed by atoms with Crippen LogP contribution in [0.3, 0.4) is 0 Å². The molecule has 150 valence electrons. The van der Waals surface area contributed by atoms with Gasteiger partial charge in [-0.15, -0.1) is 0 Å². The van der Waals surface area contributed by atoms with Crippen LogP contribution in [0, 0.1) is 31.6 Å². The lowest BCUT2D eigenvalue weighted by Gasteiger charge is -2.38. The number of amides is 1. The van der Waals surface area contributed by atoms with E-state index in [4.69, 9.17) is 9.26 Å². The lowest BCUT2D eigenvalue weighted by Crippen LogP contribution is -2.50. The van der Waals surface area contributed by atoms with Gasteiger partial charge in [0, 0.05) is 38.7 Å². The van der Waals surface area contributed by atoms with Crippen molar-refractivity contribution in [3.05, 3.63) is 17.0 Å². The topological polar surface area (TPSA) is 67.6 Å². The minimum atomic E-state index is 0.0618. The van der Waals surface area contributed by atoms with Crippen LogP contribution >= 0.6 is 0 Å². The molecule has 1 aliphatic heterocycles. The van der Waals surface area contributed by atoms with Crippen LogP contribution < -0.4 is 5.32 Å². The number of rotatable bonds is 7. The van der Waals surface area contributed by atoms with Gasteiger partial charge in [-0.2, -0.15) is 0 Å². The Hall–Kier alpha value is -1.40. The van der Waals surface area contributed by atoms with Crippen LogP contribution in [0.1, 0.15) is 49.6 Å². The molecule has 1 saturated heterocycles. The number of likely N-dealkylation sites (tertiary alicyclic amines) is 1. The monoisotopic (exact) mass is 375 g/mol. The highest BCUT2D eigenvalue weighted by Crippen LogP contribution is 2.39. The first kappa shape index (κ1) is 18.9. The van der Waals surface area contributed by atoms with Crippen molar-refractivity contribution in [1.29, 1.82) is 0 Å². The van der Waals surface area contributed by atoms with E-state index in [0.29, 0.717) is 11.8 Å². The summed E-state index contributed by atoms with van der Waals surface area (Å²) >= 11 is 0. The van der Waals surface area contributed by atoms with Gasteiger partial charge >= 0.3 is 0 Å². The molecule has 1 N–H and O–H groups in total. The van der Waals surface area contributed by atoms with Crippen molar-refractivity contribution in [3.8, 4) is 0 Å². The molecule has 1 aromatic rings. The summed E-state index contributed by atoms with van der Waals surface area (Å²) in [6.07, 6.45) is 5.90. The van der Waals surface area contributed by atoms with E-state index in [2.05, 4.69) is 15.4 Å². The summed E-state index contributed by atoms with van der Waals surface area (Å²) in [5.41, 5.74) is 2.27.